The van der Waals surface area contributed by atoms with Gasteiger partial charge in [-0.1, -0.05) is 0 Å². The summed E-state index contributed by atoms with van der Waals surface area (Å²) in [6.45, 7) is 2.55. The minimum atomic E-state index is -0.871. The number of thiazole rings is 1. The molecule has 0 aliphatic rings. The van der Waals surface area contributed by atoms with Gasteiger partial charge in [-0.2, -0.15) is 5.10 Å². The van der Waals surface area contributed by atoms with Crippen molar-refractivity contribution in [2.24, 2.45) is 5.10 Å². The Kier molecular flexibility index (Phi) is 5.12. The number of carbonyl (C=O) groups is 2. The maximum atomic E-state index is 13.9. The molecule has 0 fully saturated rings. The second kappa shape index (κ2) is 7.05. The number of carbonyl (C=O) groups excluding carboxylic acids is 2. The fourth-order valence-electron chi connectivity index (χ4n) is 1.70. The average molecular weight is 338 g/mol. The van der Waals surface area contributed by atoms with Gasteiger partial charge in [-0.05, 0) is 12.1 Å². The molecule has 0 bridgehead atoms. The molecule has 0 atom stereocenters. The molecule has 1 N–H and O–H groups in total. The molecule has 2 amide bonds. The summed E-state index contributed by atoms with van der Waals surface area (Å²) in [6.07, 6.45) is 1.29. The van der Waals surface area contributed by atoms with E-state index in [-0.39, 0.29) is 16.7 Å². The van der Waals surface area contributed by atoms with Gasteiger partial charge in [0.2, 0.25) is 11.8 Å². The van der Waals surface area contributed by atoms with Crippen LogP contribution in [-0.2, 0) is 9.59 Å². The van der Waals surface area contributed by atoms with Crippen molar-refractivity contribution >= 4 is 40.2 Å². The predicted molar refractivity (Wildman–Crippen MR) is 82.7 cm³/mol. The van der Waals surface area contributed by atoms with Crippen molar-refractivity contribution in [1.82, 2.24) is 10.4 Å². The largest absolute Gasteiger partial charge is 0.274 e. The van der Waals surface area contributed by atoms with Crippen LogP contribution in [0.5, 0.6) is 0 Å². The number of hydrogen-bond donors (Lipinski definition) is 1. The Balaban J connectivity index is 2.32. The minimum Gasteiger partial charge on any atom is -0.274 e. The first-order valence-electron chi connectivity index (χ1n) is 6.39. The van der Waals surface area contributed by atoms with Crippen LogP contribution in [0.2, 0.25) is 0 Å². The Morgan fingerprint density at radius 2 is 2.09 bits per heavy atom. The molecule has 0 aliphatic heterocycles. The molecule has 0 saturated heterocycles. The van der Waals surface area contributed by atoms with Gasteiger partial charge in [-0.25, -0.2) is 19.2 Å². The number of nitrogens with one attached hydrogen (secondary N) is 1. The van der Waals surface area contributed by atoms with Crippen molar-refractivity contribution in [2.45, 2.75) is 13.8 Å². The first-order chi connectivity index (χ1) is 10.9. The molecule has 0 aliphatic carbocycles. The zero-order chi connectivity index (χ0) is 17.0. The zero-order valence-corrected chi connectivity index (χ0v) is 13.0. The SMILES string of the molecule is CC(=O)N/N=C\c1csc(N(C(C)=O)c2ccc(F)cc2F)n1. The molecule has 0 spiro atoms. The quantitative estimate of drug-likeness (QED) is 0.688. The topological polar surface area (TPSA) is 74.7 Å². The second-order valence-corrected chi connectivity index (χ2v) is 5.27. The normalized spacial score (nSPS) is 10.8. The number of benzene rings is 1. The van der Waals surface area contributed by atoms with Crippen molar-refractivity contribution in [3.05, 3.63) is 40.9 Å². The molecule has 6 nitrogen and oxygen atoms in total. The van der Waals surface area contributed by atoms with Crippen LogP contribution in [0.15, 0.2) is 28.7 Å². The number of rotatable bonds is 4. The predicted octanol–water partition coefficient (Wildman–Crippen LogP) is 2.58. The van der Waals surface area contributed by atoms with E-state index in [1.54, 1.807) is 5.38 Å². The Bertz CT molecular complexity index is 776. The third-order valence-electron chi connectivity index (χ3n) is 2.59. The van der Waals surface area contributed by atoms with E-state index in [1.807, 2.05) is 0 Å². The van der Waals surface area contributed by atoms with Gasteiger partial charge in [0.15, 0.2) is 5.13 Å². The molecular weight excluding hydrogens is 326 g/mol. The number of amides is 2. The molecule has 0 unspecified atom stereocenters. The molecular formula is C14H12F2N4O2S. The molecule has 1 aromatic carbocycles. The first-order valence-corrected chi connectivity index (χ1v) is 7.27. The van der Waals surface area contributed by atoms with Crippen LogP contribution in [0, 0.1) is 11.6 Å². The summed E-state index contributed by atoms with van der Waals surface area (Å²) in [5, 5.41) is 5.44. The molecule has 120 valence electrons. The number of aromatic nitrogens is 1. The van der Waals surface area contributed by atoms with Gasteiger partial charge in [0.1, 0.15) is 11.6 Å². The highest BCUT2D eigenvalue weighted by molar-refractivity contribution is 7.14. The zero-order valence-electron chi connectivity index (χ0n) is 12.2. The standard InChI is InChI=1S/C14H12F2N4O2S/c1-8(21)19-17-6-11-7-23-14(18-11)20(9(2)22)13-4-3-10(15)5-12(13)16/h3-7H,1-2H3,(H,19,21)/b17-6-. The van der Waals surface area contributed by atoms with E-state index in [9.17, 15) is 18.4 Å². The molecule has 2 rings (SSSR count). The molecule has 1 heterocycles. The van der Waals surface area contributed by atoms with E-state index in [1.165, 1.54) is 26.1 Å². The fourth-order valence-corrected chi connectivity index (χ4v) is 2.53. The fraction of sp³-hybridized carbons (Fsp3) is 0.143. The maximum absolute atomic E-state index is 13.9. The summed E-state index contributed by atoms with van der Waals surface area (Å²) in [6, 6.07) is 2.91. The Hall–Kier alpha value is -2.68. The second-order valence-electron chi connectivity index (χ2n) is 4.43. The summed E-state index contributed by atoms with van der Waals surface area (Å²) in [5.41, 5.74) is 2.50. The van der Waals surface area contributed by atoms with Gasteiger partial charge in [0.05, 0.1) is 17.6 Å². The monoisotopic (exact) mass is 338 g/mol. The minimum absolute atomic E-state index is 0.0985. The Labute approximate surface area is 134 Å². The van der Waals surface area contributed by atoms with Gasteiger partial charge < -0.3 is 0 Å². The molecule has 1 aromatic heterocycles. The molecule has 23 heavy (non-hydrogen) atoms. The molecule has 0 radical (unpaired) electrons. The van der Waals surface area contributed by atoms with E-state index in [0.29, 0.717) is 11.8 Å². The highest BCUT2D eigenvalue weighted by Gasteiger charge is 2.21. The lowest BCUT2D eigenvalue weighted by atomic mass is 10.2. The van der Waals surface area contributed by atoms with E-state index < -0.39 is 17.5 Å². The Morgan fingerprint density at radius 1 is 1.35 bits per heavy atom. The van der Waals surface area contributed by atoms with E-state index in [0.717, 1.165) is 22.3 Å². The molecule has 9 heteroatoms. The summed E-state index contributed by atoms with van der Waals surface area (Å²) >= 11 is 1.08. The van der Waals surface area contributed by atoms with Crippen molar-refractivity contribution in [2.75, 3.05) is 4.90 Å². The maximum Gasteiger partial charge on any atom is 0.236 e. The van der Waals surface area contributed by atoms with Crippen molar-refractivity contribution in [3.63, 3.8) is 0 Å². The average Bonchev–Trinajstić information content (AvgIpc) is 2.89. The highest BCUT2D eigenvalue weighted by atomic mass is 32.1. The van der Waals surface area contributed by atoms with Crippen LogP contribution >= 0.6 is 11.3 Å². The lowest BCUT2D eigenvalue weighted by Crippen LogP contribution is -2.23. The first kappa shape index (κ1) is 16.7. The van der Waals surface area contributed by atoms with Crippen LogP contribution in [0.3, 0.4) is 0 Å². The lowest BCUT2D eigenvalue weighted by molar-refractivity contribution is -0.119. The Morgan fingerprint density at radius 3 is 2.70 bits per heavy atom. The number of nitrogens with zero attached hydrogens (tertiary/aromatic N) is 3. The van der Waals surface area contributed by atoms with E-state index in [4.69, 9.17) is 0 Å². The number of anilines is 2. The number of halogens is 2. The van der Waals surface area contributed by atoms with Gasteiger partial charge in [-0.3, -0.25) is 14.5 Å². The van der Waals surface area contributed by atoms with E-state index in [2.05, 4.69) is 15.5 Å². The summed E-state index contributed by atoms with van der Waals surface area (Å²) < 4.78 is 26.9. The van der Waals surface area contributed by atoms with Crippen LogP contribution in [0.4, 0.5) is 19.6 Å². The number of hydrogen-bond acceptors (Lipinski definition) is 5. The van der Waals surface area contributed by atoms with Gasteiger partial charge in [0, 0.05) is 25.3 Å². The smallest absolute Gasteiger partial charge is 0.236 e. The summed E-state index contributed by atoms with van der Waals surface area (Å²) in [5.74, 6) is -2.42. The van der Waals surface area contributed by atoms with Crippen LogP contribution in [0.25, 0.3) is 0 Å². The summed E-state index contributed by atoms with van der Waals surface area (Å²) in [4.78, 5) is 27.7. The molecule has 2 aromatic rings. The third kappa shape index (κ3) is 4.16. The molecule has 0 saturated carbocycles. The number of hydrazone groups is 1. The third-order valence-corrected chi connectivity index (χ3v) is 3.43. The lowest BCUT2D eigenvalue weighted by Gasteiger charge is -2.18. The van der Waals surface area contributed by atoms with E-state index >= 15 is 0 Å². The van der Waals surface area contributed by atoms with Gasteiger partial charge in [-0.15, -0.1) is 11.3 Å². The van der Waals surface area contributed by atoms with Gasteiger partial charge in [0.25, 0.3) is 0 Å². The van der Waals surface area contributed by atoms with Gasteiger partial charge >= 0.3 is 0 Å². The van der Waals surface area contributed by atoms with Crippen LogP contribution in [0.1, 0.15) is 19.5 Å². The van der Waals surface area contributed by atoms with Crippen molar-refractivity contribution in [3.8, 4) is 0 Å². The van der Waals surface area contributed by atoms with Crippen molar-refractivity contribution in [1.29, 1.82) is 0 Å². The highest BCUT2D eigenvalue weighted by Crippen LogP contribution is 2.30. The van der Waals surface area contributed by atoms with Crippen LogP contribution in [-0.4, -0.2) is 23.0 Å². The van der Waals surface area contributed by atoms with Crippen molar-refractivity contribution < 1.29 is 18.4 Å². The van der Waals surface area contributed by atoms with Crippen LogP contribution < -0.4 is 10.3 Å². The summed E-state index contributed by atoms with van der Waals surface area (Å²) in [7, 11) is 0.